The van der Waals surface area contributed by atoms with E-state index in [4.69, 9.17) is 0 Å². The molecule has 0 aromatic heterocycles. The maximum absolute atomic E-state index is 10.1. The predicted octanol–water partition coefficient (Wildman–Crippen LogP) is 2.25. The van der Waals surface area contributed by atoms with Crippen LogP contribution in [0.3, 0.4) is 0 Å². The van der Waals surface area contributed by atoms with Crippen LogP contribution in [0.2, 0.25) is 0 Å². The Kier molecular flexibility index (Phi) is 7.37. The van der Waals surface area contributed by atoms with E-state index in [1.807, 2.05) is 32.0 Å². The highest BCUT2D eigenvalue weighted by Crippen LogP contribution is 2.18. The second-order valence-corrected chi connectivity index (χ2v) is 6.83. The van der Waals surface area contributed by atoms with Crippen molar-refractivity contribution in [3.05, 3.63) is 82.3 Å². The Balaban J connectivity index is 2.10. The number of aryl methyl sites for hydroxylation is 2. The van der Waals surface area contributed by atoms with Crippen molar-refractivity contribution < 1.29 is 30.6 Å². The van der Waals surface area contributed by atoms with E-state index in [2.05, 4.69) is 0 Å². The largest absolute Gasteiger partial charge is 0.509 e. The maximum atomic E-state index is 10.1. The zero-order chi connectivity index (χ0) is 20.8. The first-order chi connectivity index (χ1) is 13.2. The van der Waals surface area contributed by atoms with Gasteiger partial charge in [0.25, 0.3) is 0 Å². The molecule has 2 aromatic carbocycles. The van der Waals surface area contributed by atoms with Gasteiger partial charge >= 0.3 is 0 Å². The first-order valence-corrected chi connectivity index (χ1v) is 8.85. The van der Waals surface area contributed by atoms with E-state index in [1.54, 1.807) is 30.3 Å². The van der Waals surface area contributed by atoms with Crippen molar-refractivity contribution in [2.75, 3.05) is 0 Å². The Bertz CT molecular complexity index is 840. The SMILES string of the molecule is Cc1ccc(C=C(O)[C@H](O)[C@@H](O)[C@H](O)[C@H](O)C(O)=Cc2cccc(C)c2)cc1. The molecule has 28 heavy (non-hydrogen) atoms. The third-order valence-corrected chi connectivity index (χ3v) is 4.35. The van der Waals surface area contributed by atoms with E-state index < -0.39 is 35.9 Å². The van der Waals surface area contributed by atoms with Crippen molar-refractivity contribution in [1.29, 1.82) is 0 Å². The summed E-state index contributed by atoms with van der Waals surface area (Å²) in [6.07, 6.45) is -5.05. The molecule has 2 aromatic rings. The average molecular weight is 386 g/mol. The summed E-state index contributed by atoms with van der Waals surface area (Å²) < 4.78 is 0. The first-order valence-electron chi connectivity index (χ1n) is 8.85. The molecule has 6 nitrogen and oxygen atoms in total. The topological polar surface area (TPSA) is 121 Å². The minimum Gasteiger partial charge on any atom is -0.509 e. The van der Waals surface area contributed by atoms with Gasteiger partial charge in [-0.05, 0) is 37.1 Å². The van der Waals surface area contributed by atoms with Crippen LogP contribution in [0, 0.1) is 13.8 Å². The first kappa shape index (κ1) is 21.7. The van der Waals surface area contributed by atoms with Crippen molar-refractivity contribution in [1.82, 2.24) is 0 Å². The lowest BCUT2D eigenvalue weighted by molar-refractivity contribution is -0.0996. The standard InChI is InChI=1S/C22H26O6/c1-13-6-8-15(9-7-13)11-17(23)19(25)21(27)22(28)20(26)18(24)12-16-5-3-4-14(2)10-16/h3-12,19-28H,1-2H3/t19-,20+,21+,22+/m0/s1. The fourth-order valence-electron chi connectivity index (χ4n) is 2.66. The summed E-state index contributed by atoms with van der Waals surface area (Å²) in [6, 6.07) is 14.1. The van der Waals surface area contributed by atoms with E-state index in [-0.39, 0.29) is 0 Å². The fraction of sp³-hybridized carbons (Fsp3) is 0.273. The van der Waals surface area contributed by atoms with Crippen LogP contribution >= 0.6 is 0 Å². The smallest absolute Gasteiger partial charge is 0.139 e. The molecule has 0 amide bonds. The van der Waals surface area contributed by atoms with Crippen LogP contribution in [0.4, 0.5) is 0 Å². The lowest BCUT2D eigenvalue weighted by atomic mass is 9.98. The van der Waals surface area contributed by atoms with Crippen molar-refractivity contribution in [2.24, 2.45) is 0 Å². The Morgan fingerprint density at radius 3 is 1.68 bits per heavy atom. The molecule has 0 unspecified atom stereocenters. The molecule has 6 N–H and O–H groups in total. The van der Waals surface area contributed by atoms with E-state index in [0.29, 0.717) is 11.1 Å². The van der Waals surface area contributed by atoms with Gasteiger partial charge in [0.05, 0.1) is 0 Å². The molecule has 0 aliphatic carbocycles. The van der Waals surface area contributed by atoms with Crippen LogP contribution in [0.15, 0.2) is 60.0 Å². The maximum Gasteiger partial charge on any atom is 0.139 e. The Labute approximate surface area is 164 Å². The van der Waals surface area contributed by atoms with Gasteiger partial charge in [0, 0.05) is 0 Å². The number of benzene rings is 2. The van der Waals surface area contributed by atoms with Crippen LogP contribution in [0.25, 0.3) is 12.2 Å². The summed E-state index contributed by atoms with van der Waals surface area (Å²) in [5.41, 5.74) is 3.15. The van der Waals surface area contributed by atoms with Gasteiger partial charge in [0.2, 0.25) is 0 Å². The molecular formula is C22H26O6. The molecule has 4 atom stereocenters. The molecule has 6 heteroatoms. The van der Waals surface area contributed by atoms with Crippen LogP contribution in [0.5, 0.6) is 0 Å². The minimum absolute atomic E-state index is 0.577. The quantitative estimate of drug-likeness (QED) is 0.406. The Morgan fingerprint density at radius 1 is 0.679 bits per heavy atom. The van der Waals surface area contributed by atoms with Crippen LogP contribution < -0.4 is 0 Å². The lowest BCUT2D eigenvalue weighted by Crippen LogP contribution is -2.45. The summed E-state index contributed by atoms with van der Waals surface area (Å²) in [5, 5.41) is 60.5. The van der Waals surface area contributed by atoms with Crippen molar-refractivity contribution in [3.8, 4) is 0 Å². The third-order valence-electron chi connectivity index (χ3n) is 4.35. The molecular weight excluding hydrogens is 360 g/mol. The van der Waals surface area contributed by atoms with Gasteiger partial charge in [-0.3, -0.25) is 0 Å². The zero-order valence-electron chi connectivity index (χ0n) is 15.8. The molecule has 150 valence electrons. The number of aliphatic hydroxyl groups is 6. The summed E-state index contributed by atoms with van der Waals surface area (Å²) in [4.78, 5) is 0. The molecule has 0 aliphatic heterocycles. The van der Waals surface area contributed by atoms with Crippen LogP contribution in [-0.2, 0) is 0 Å². The molecule has 0 saturated carbocycles. The Hall–Kier alpha value is -2.64. The summed E-state index contributed by atoms with van der Waals surface area (Å²) in [6.45, 7) is 3.77. The van der Waals surface area contributed by atoms with Crippen molar-refractivity contribution in [2.45, 2.75) is 38.3 Å². The van der Waals surface area contributed by atoms with Gasteiger partial charge < -0.3 is 30.6 Å². The number of aliphatic hydroxyl groups excluding tert-OH is 6. The number of hydrogen-bond donors (Lipinski definition) is 6. The Morgan fingerprint density at radius 2 is 1.18 bits per heavy atom. The van der Waals surface area contributed by atoms with E-state index in [0.717, 1.165) is 11.1 Å². The molecule has 0 aliphatic rings. The molecule has 0 radical (unpaired) electrons. The highest BCUT2D eigenvalue weighted by atomic mass is 16.4. The van der Waals surface area contributed by atoms with Gasteiger partial charge in [-0.25, -0.2) is 0 Å². The number of rotatable bonds is 7. The molecule has 0 bridgehead atoms. The third kappa shape index (κ3) is 5.68. The molecule has 0 spiro atoms. The number of hydrogen-bond acceptors (Lipinski definition) is 6. The van der Waals surface area contributed by atoms with Crippen molar-refractivity contribution >= 4 is 12.2 Å². The predicted molar refractivity (Wildman–Crippen MR) is 108 cm³/mol. The normalized spacial score (nSPS) is 17.1. The van der Waals surface area contributed by atoms with Gasteiger partial charge in [0.15, 0.2) is 0 Å². The van der Waals surface area contributed by atoms with E-state index in [9.17, 15) is 30.6 Å². The molecule has 2 rings (SSSR count). The summed E-state index contributed by atoms with van der Waals surface area (Å²) in [5.74, 6) is -1.16. The monoisotopic (exact) mass is 386 g/mol. The lowest BCUT2D eigenvalue weighted by Gasteiger charge is -2.26. The molecule has 0 fully saturated rings. The second-order valence-electron chi connectivity index (χ2n) is 6.83. The average Bonchev–Trinajstić information content (AvgIpc) is 2.67. The van der Waals surface area contributed by atoms with E-state index in [1.165, 1.54) is 12.2 Å². The second kappa shape index (κ2) is 9.52. The summed E-state index contributed by atoms with van der Waals surface area (Å²) >= 11 is 0. The van der Waals surface area contributed by atoms with Crippen LogP contribution in [0.1, 0.15) is 22.3 Å². The van der Waals surface area contributed by atoms with E-state index >= 15 is 0 Å². The zero-order valence-corrected chi connectivity index (χ0v) is 15.8. The van der Waals surface area contributed by atoms with Gasteiger partial charge in [0.1, 0.15) is 35.9 Å². The fourth-order valence-corrected chi connectivity index (χ4v) is 2.66. The van der Waals surface area contributed by atoms with Crippen molar-refractivity contribution in [3.63, 3.8) is 0 Å². The molecule has 0 heterocycles. The molecule has 0 saturated heterocycles. The minimum atomic E-state index is -1.93. The highest BCUT2D eigenvalue weighted by Gasteiger charge is 2.34. The van der Waals surface area contributed by atoms with Crippen LogP contribution in [-0.4, -0.2) is 55.1 Å². The summed E-state index contributed by atoms with van der Waals surface area (Å²) in [7, 11) is 0. The van der Waals surface area contributed by atoms with Gasteiger partial charge in [-0.15, -0.1) is 0 Å². The van der Waals surface area contributed by atoms with Gasteiger partial charge in [-0.1, -0.05) is 59.7 Å². The van der Waals surface area contributed by atoms with Gasteiger partial charge in [-0.2, -0.15) is 0 Å². The highest BCUT2D eigenvalue weighted by molar-refractivity contribution is 5.53.